The Kier molecular flexibility index (Phi) is 5.24. The molecular weight excluding hydrogens is 354 g/mol. The molecule has 0 saturated carbocycles. The number of carbonyl (C=O) groups excluding carboxylic acids is 1. The minimum absolute atomic E-state index is 0.0940. The van der Waals surface area contributed by atoms with Crippen molar-refractivity contribution in [2.75, 3.05) is 13.2 Å². The van der Waals surface area contributed by atoms with E-state index in [1.54, 1.807) is 5.51 Å². The van der Waals surface area contributed by atoms with Crippen LogP contribution in [0.5, 0.6) is 0 Å². The van der Waals surface area contributed by atoms with Gasteiger partial charge in [0.05, 0.1) is 43.0 Å². The molecule has 7 nitrogen and oxygen atoms in total. The third kappa shape index (κ3) is 3.92. The van der Waals surface area contributed by atoms with E-state index >= 15 is 0 Å². The van der Waals surface area contributed by atoms with Gasteiger partial charge in [-0.2, -0.15) is 0 Å². The molecule has 0 bridgehead atoms. The second-order valence-corrected chi connectivity index (χ2v) is 6.89. The van der Waals surface area contributed by atoms with E-state index in [0.717, 1.165) is 17.5 Å². The van der Waals surface area contributed by atoms with Gasteiger partial charge in [-0.15, -0.1) is 11.3 Å². The predicted molar refractivity (Wildman–Crippen MR) is 95.8 cm³/mol. The third-order valence-corrected chi connectivity index (χ3v) is 4.98. The van der Waals surface area contributed by atoms with Crippen LogP contribution < -0.4 is 5.32 Å². The number of benzene rings is 1. The molecule has 0 aliphatic carbocycles. The van der Waals surface area contributed by atoms with Crippen molar-refractivity contribution < 1.29 is 18.8 Å². The molecule has 0 unspecified atom stereocenters. The van der Waals surface area contributed by atoms with Gasteiger partial charge in [-0.25, -0.2) is 4.98 Å². The van der Waals surface area contributed by atoms with Gasteiger partial charge in [0.25, 0.3) is 0 Å². The summed E-state index contributed by atoms with van der Waals surface area (Å²) in [6, 6.07) is 7.33. The summed E-state index contributed by atoms with van der Waals surface area (Å²) in [6.45, 7) is 1.50. The van der Waals surface area contributed by atoms with Crippen molar-refractivity contribution in [1.82, 2.24) is 15.5 Å². The second-order valence-electron chi connectivity index (χ2n) is 6.17. The summed E-state index contributed by atoms with van der Waals surface area (Å²) in [4.78, 5) is 16.7. The number of hydrogen-bond acceptors (Lipinski definition) is 7. The number of nitrogens with one attached hydrogen (secondary N) is 1. The van der Waals surface area contributed by atoms with Gasteiger partial charge in [0.15, 0.2) is 5.58 Å². The summed E-state index contributed by atoms with van der Waals surface area (Å²) < 4.78 is 16.7. The zero-order valence-electron chi connectivity index (χ0n) is 14.1. The number of amides is 1. The zero-order valence-corrected chi connectivity index (χ0v) is 14.9. The van der Waals surface area contributed by atoms with E-state index < -0.39 is 0 Å². The summed E-state index contributed by atoms with van der Waals surface area (Å²) in [6.07, 6.45) is 0.803. The molecular formula is C18H19N3O4S. The molecule has 0 radical (unpaired) electrons. The SMILES string of the molecule is O=C(Cc1noc2ccccc12)N[C@@H]1COCC[C@@H]1OCc1cscn1. The highest BCUT2D eigenvalue weighted by molar-refractivity contribution is 7.07. The predicted octanol–water partition coefficient (Wildman–Crippen LogP) is 2.32. The van der Waals surface area contributed by atoms with Crippen LogP contribution in [0.2, 0.25) is 0 Å². The van der Waals surface area contributed by atoms with Crippen molar-refractivity contribution in [3.05, 3.63) is 46.5 Å². The van der Waals surface area contributed by atoms with Gasteiger partial charge in [-0.3, -0.25) is 4.79 Å². The Balaban J connectivity index is 1.37. The summed E-state index contributed by atoms with van der Waals surface area (Å²) in [7, 11) is 0. The standard InChI is InChI=1S/C18H19N3O4S/c22-18(7-14-13-3-1-2-4-16(13)25-21-14)20-15-9-23-6-5-17(15)24-8-12-10-26-11-19-12/h1-4,10-11,15,17H,5-9H2,(H,20,22)/t15-,17+/m1/s1. The van der Waals surface area contributed by atoms with Gasteiger partial charge in [0, 0.05) is 17.4 Å². The molecule has 3 aromatic rings. The Labute approximate surface area is 154 Å². The minimum atomic E-state index is -0.187. The number of nitrogens with zero attached hydrogens (tertiary/aromatic N) is 2. The van der Waals surface area contributed by atoms with Crippen molar-refractivity contribution in [2.24, 2.45) is 0 Å². The molecule has 8 heteroatoms. The van der Waals surface area contributed by atoms with Gasteiger partial charge >= 0.3 is 0 Å². The number of carbonyl (C=O) groups is 1. The largest absolute Gasteiger partial charge is 0.379 e. The number of ether oxygens (including phenoxy) is 2. The molecule has 1 N–H and O–H groups in total. The monoisotopic (exact) mass is 373 g/mol. The average Bonchev–Trinajstić information content (AvgIpc) is 3.31. The molecule has 1 saturated heterocycles. The average molecular weight is 373 g/mol. The van der Waals surface area contributed by atoms with E-state index in [1.807, 2.05) is 29.6 Å². The Morgan fingerprint density at radius 2 is 2.31 bits per heavy atom. The fraction of sp³-hybridized carbons (Fsp3) is 0.389. The summed E-state index contributed by atoms with van der Waals surface area (Å²) in [5.74, 6) is -0.123. The van der Waals surface area contributed by atoms with E-state index in [0.29, 0.717) is 31.1 Å². The van der Waals surface area contributed by atoms with Crippen LogP contribution in [0.3, 0.4) is 0 Å². The molecule has 1 aromatic carbocycles. The number of thiazole rings is 1. The molecule has 2 aromatic heterocycles. The van der Waals surface area contributed by atoms with E-state index in [-0.39, 0.29) is 24.5 Å². The van der Waals surface area contributed by atoms with Gasteiger partial charge in [0.2, 0.25) is 5.91 Å². The Hall–Kier alpha value is -2.29. The molecule has 26 heavy (non-hydrogen) atoms. The van der Waals surface area contributed by atoms with Crippen LogP contribution in [0.1, 0.15) is 17.8 Å². The molecule has 1 aliphatic heterocycles. The topological polar surface area (TPSA) is 86.5 Å². The van der Waals surface area contributed by atoms with Crippen molar-refractivity contribution in [2.45, 2.75) is 31.6 Å². The lowest BCUT2D eigenvalue weighted by Crippen LogP contribution is -2.50. The van der Waals surface area contributed by atoms with Crippen LogP contribution in [0.15, 0.2) is 39.7 Å². The molecule has 2 atom stereocenters. The Morgan fingerprint density at radius 1 is 1.38 bits per heavy atom. The normalized spacial score (nSPS) is 20.3. The number of fused-ring (bicyclic) bond motifs is 1. The van der Waals surface area contributed by atoms with Crippen molar-refractivity contribution >= 4 is 28.2 Å². The molecule has 1 amide bonds. The zero-order chi connectivity index (χ0) is 17.8. The van der Waals surface area contributed by atoms with Crippen LogP contribution in [0.4, 0.5) is 0 Å². The Morgan fingerprint density at radius 3 is 3.19 bits per heavy atom. The number of hydrogen-bond donors (Lipinski definition) is 1. The van der Waals surface area contributed by atoms with E-state index in [4.69, 9.17) is 14.0 Å². The molecule has 1 aliphatic rings. The van der Waals surface area contributed by atoms with Gasteiger partial charge in [0.1, 0.15) is 5.69 Å². The molecule has 0 spiro atoms. The lowest BCUT2D eigenvalue weighted by molar-refractivity contribution is -0.126. The highest BCUT2D eigenvalue weighted by Crippen LogP contribution is 2.19. The number of aromatic nitrogens is 2. The first kappa shape index (κ1) is 17.1. The van der Waals surface area contributed by atoms with Crippen molar-refractivity contribution in [3.63, 3.8) is 0 Å². The molecule has 3 heterocycles. The van der Waals surface area contributed by atoms with Gasteiger partial charge < -0.3 is 19.3 Å². The first-order valence-electron chi connectivity index (χ1n) is 8.48. The lowest BCUT2D eigenvalue weighted by Gasteiger charge is -2.31. The number of para-hydroxylation sites is 1. The first-order valence-corrected chi connectivity index (χ1v) is 9.43. The van der Waals surface area contributed by atoms with E-state index in [1.165, 1.54) is 11.3 Å². The lowest BCUT2D eigenvalue weighted by atomic mass is 10.1. The fourth-order valence-corrected chi connectivity index (χ4v) is 3.57. The third-order valence-electron chi connectivity index (χ3n) is 4.35. The molecule has 136 valence electrons. The second kappa shape index (κ2) is 7.94. The number of rotatable bonds is 6. The molecule has 4 rings (SSSR count). The minimum Gasteiger partial charge on any atom is -0.379 e. The van der Waals surface area contributed by atoms with Crippen LogP contribution in [0.25, 0.3) is 11.0 Å². The van der Waals surface area contributed by atoms with E-state index in [9.17, 15) is 4.79 Å². The molecule has 1 fully saturated rings. The Bertz CT molecular complexity index is 864. The maximum atomic E-state index is 12.5. The van der Waals surface area contributed by atoms with Crippen LogP contribution in [-0.2, 0) is 27.3 Å². The van der Waals surface area contributed by atoms with Crippen molar-refractivity contribution in [1.29, 1.82) is 0 Å². The van der Waals surface area contributed by atoms with E-state index in [2.05, 4.69) is 15.5 Å². The highest BCUT2D eigenvalue weighted by Gasteiger charge is 2.28. The summed E-state index contributed by atoms with van der Waals surface area (Å²) in [5.41, 5.74) is 4.00. The van der Waals surface area contributed by atoms with Gasteiger partial charge in [-0.05, 0) is 18.6 Å². The summed E-state index contributed by atoms with van der Waals surface area (Å²) >= 11 is 1.54. The highest BCUT2D eigenvalue weighted by atomic mass is 32.1. The van der Waals surface area contributed by atoms with Crippen LogP contribution >= 0.6 is 11.3 Å². The maximum Gasteiger partial charge on any atom is 0.226 e. The smallest absolute Gasteiger partial charge is 0.226 e. The van der Waals surface area contributed by atoms with Crippen LogP contribution in [-0.4, -0.2) is 41.4 Å². The summed E-state index contributed by atoms with van der Waals surface area (Å²) in [5, 5.41) is 9.85. The first-order chi connectivity index (χ1) is 12.8. The van der Waals surface area contributed by atoms with Crippen LogP contribution in [0, 0.1) is 0 Å². The van der Waals surface area contributed by atoms with Gasteiger partial charge in [-0.1, -0.05) is 17.3 Å². The fourth-order valence-electron chi connectivity index (χ4n) is 3.03. The maximum absolute atomic E-state index is 12.5. The quantitative estimate of drug-likeness (QED) is 0.714. The van der Waals surface area contributed by atoms with Crippen molar-refractivity contribution in [3.8, 4) is 0 Å².